The van der Waals surface area contributed by atoms with E-state index in [1.54, 1.807) is 0 Å². The van der Waals surface area contributed by atoms with Gasteiger partial charge in [-0.15, -0.1) is 0 Å². The van der Waals surface area contributed by atoms with E-state index in [0.717, 1.165) is 29.4 Å². The third-order valence-electron chi connectivity index (χ3n) is 3.57. The summed E-state index contributed by atoms with van der Waals surface area (Å²) in [6.07, 6.45) is 2.31. The molecule has 4 heteroatoms. The van der Waals surface area contributed by atoms with Crippen LogP contribution in [0.1, 0.15) is 32.3 Å². The Morgan fingerprint density at radius 2 is 1.95 bits per heavy atom. The van der Waals surface area contributed by atoms with E-state index in [-0.39, 0.29) is 5.84 Å². The molecule has 0 fully saturated rings. The van der Waals surface area contributed by atoms with Crippen LogP contribution < -0.4 is 10.5 Å². The van der Waals surface area contributed by atoms with Crippen LogP contribution >= 0.6 is 0 Å². The summed E-state index contributed by atoms with van der Waals surface area (Å²) < 4.78 is 5.96. The maximum Gasteiger partial charge on any atom is 0.170 e. The summed E-state index contributed by atoms with van der Waals surface area (Å²) in [5, 5.41) is 13.9. The zero-order chi connectivity index (χ0) is 15.2. The van der Waals surface area contributed by atoms with Crippen LogP contribution in [0.3, 0.4) is 0 Å². The second kappa shape index (κ2) is 6.97. The van der Waals surface area contributed by atoms with Crippen molar-refractivity contribution in [3.63, 3.8) is 0 Å². The van der Waals surface area contributed by atoms with E-state index in [4.69, 9.17) is 15.7 Å². The molecule has 2 aromatic rings. The molecule has 112 valence electrons. The van der Waals surface area contributed by atoms with Crippen LogP contribution in [0.4, 0.5) is 0 Å². The van der Waals surface area contributed by atoms with Crippen molar-refractivity contribution in [2.24, 2.45) is 16.8 Å². The molecular weight excluding hydrogens is 264 g/mol. The highest BCUT2D eigenvalue weighted by atomic mass is 16.5. The minimum absolute atomic E-state index is 0.108. The monoisotopic (exact) mass is 286 g/mol. The molecule has 2 rings (SSSR count). The maximum absolute atomic E-state index is 8.88. The van der Waals surface area contributed by atoms with Gasteiger partial charge in [-0.05, 0) is 29.9 Å². The average Bonchev–Trinajstić information content (AvgIpc) is 2.52. The van der Waals surface area contributed by atoms with Crippen LogP contribution in [-0.4, -0.2) is 17.6 Å². The number of benzene rings is 2. The minimum Gasteiger partial charge on any atom is -0.493 e. The predicted octanol–water partition coefficient (Wildman–Crippen LogP) is 3.75. The fourth-order valence-corrected chi connectivity index (χ4v) is 2.48. The maximum atomic E-state index is 8.88. The van der Waals surface area contributed by atoms with Crippen LogP contribution in [0, 0.1) is 5.92 Å². The Balaban J connectivity index is 2.34. The van der Waals surface area contributed by atoms with E-state index in [9.17, 15) is 0 Å². The van der Waals surface area contributed by atoms with Gasteiger partial charge in [0.05, 0.1) is 6.61 Å². The second-order valence-electron chi connectivity index (χ2n) is 5.35. The van der Waals surface area contributed by atoms with Gasteiger partial charge in [-0.2, -0.15) is 0 Å². The molecule has 4 nitrogen and oxygen atoms in total. The fourth-order valence-electron chi connectivity index (χ4n) is 2.48. The van der Waals surface area contributed by atoms with Gasteiger partial charge in [-0.25, -0.2) is 0 Å². The summed E-state index contributed by atoms with van der Waals surface area (Å²) in [4.78, 5) is 0. The average molecular weight is 286 g/mol. The highest BCUT2D eigenvalue weighted by molar-refractivity contribution is 6.10. The number of hydrogen-bond donors (Lipinski definition) is 2. The van der Waals surface area contributed by atoms with Crippen molar-refractivity contribution >= 4 is 16.6 Å². The zero-order valence-electron chi connectivity index (χ0n) is 12.5. The molecule has 21 heavy (non-hydrogen) atoms. The summed E-state index contributed by atoms with van der Waals surface area (Å²) in [5.74, 6) is 1.47. The summed E-state index contributed by atoms with van der Waals surface area (Å²) >= 11 is 0. The molecule has 2 aromatic carbocycles. The first-order chi connectivity index (χ1) is 10.2. The molecule has 0 saturated carbocycles. The Morgan fingerprint density at radius 1 is 1.24 bits per heavy atom. The van der Waals surface area contributed by atoms with E-state index in [2.05, 4.69) is 19.0 Å². The van der Waals surface area contributed by atoms with Crippen molar-refractivity contribution < 1.29 is 9.94 Å². The second-order valence-corrected chi connectivity index (χ2v) is 5.35. The van der Waals surface area contributed by atoms with Gasteiger partial charge in [0.1, 0.15) is 5.75 Å². The molecule has 1 unspecified atom stereocenters. The van der Waals surface area contributed by atoms with Crippen LogP contribution in [0.2, 0.25) is 0 Å². The summed E-state index contributed by atoms with van der Waals surface area (Å²) in [6.45, 7) is 5.06. The number of nitrogens with zero attached hydrogens (tertiary/aromatic N) is 1. The summed E-state index contributed by atoms with van der Waals surface area (Å²) in [7, 11) is 0. The highest BCUT2D eigenvalue weighted by Gasteiger charge is 2.10. The fraction of sp³-hybridized carbons (Fsp3) is 0.353. The smallest absolute Gasteiger partial charge is 0.170 e. The van der Waals surface area contributed by atoms with Gasteiger partial charge in [0, 0.05) is 10.9 Å². The highest BCUT2D eigenvalue weighted by Crippen LogP contribution is 2.29. The molecule has 0 saturated heterocycles. The minimum atomic E-state index is 0.108. The molecule has 0 aliphatic carbocycles. The van der Waals surface area contributed by atoms with E-state index in [0.29, 0.717) is 18.1 Å². The Hall–Kier alpha value is -2.23. The molecule has 0 heterocycles. The number of oxime groups is 1. The number of hydrogen-bond acceptors (Lipinski definition) is 3. The van der Waals surface area contributed by atoms with E-state index < -0.39 is 0 Å². The molecule has 1 atom stereocenters. The molecule has 0 aliphatic rings. The molecule has 0 amide bonds. The van der Waals surface area contributed by atoms with Gasteiger partial charge in [0.25, 0.3) is 0 Å². The van der Waals surface area contributed by atoms with Gasteiger partial charge in [0.15, 0.2) is 5.84 Å². The van der Waals surface area contributed by atoms with Crippen molar-refractivity contribution in [3.8, 4) is 5.75 Å². The molecule has 0 bridgehead atoms. The van der Waals surface area contributed by atoms with Gasteiger partial charge < -0.3 is 15.7 Å². The first-order valence-corrected chi connectivity index (χ1v) is 7.29. The molecule has 0 aliphatic heterocycles. The third-order valence-corrected chi connectivity index (χ3v) is 3.57. The normalized spacial score (nSPS) is 13.3. The lowest BCUT2D eigenvalue weighted by atomic mass is 10.0. The van der Waals surface area contributed by atoms with Crippen molar-refractivity contribution in [1.29, 1.82) is 0 Å². The standard InChI is InChI=1S/C17H22N2O2/c1-3-6-12(2)11-21-16-10-9-15(17(18)19-20)13-7-4-5-8-14(13)16/h4-5,7-10,12,20H,3,6,11H2,1-2H3,(H2,18,19). The van der Waals surface area contributed by atoms with E-state index in [1.165, 1.54) is 0 Å². The molecule has 3 N–H and O–H groups in total. The first-order valence-electron chi connectivity index (χ1n) is 7.29. The predicted molar refractivity (Wildman–Crippen MR) is 86.0 cm³/mol. The Kier molecular flexibility index (Phi) is 5.04. The number of rotatable bonds is 6. The van der Waals surface area contributed by atoms with Gasteiger partial charge in [0.2, 0.25) is 0 Å². The van der Waals surface area contributed by atoms with Crippen LogP contribution in [0.15, 0.2) is 41.6 Å². The third kappa shape index (κ3) is 3.45. The van der Waals surface area contributed by atoms with Crippen molar-refractivity contribution in [2.75, 3.05) is 6.61 Å². The lowest BCUT2D eigenvalue weighted by molar-refractivity contribution is 0.254. The quantitative estimate of drug-likeness (QED) is 0.368. The number of ether oxygens (including phenoxy) is 1. The molecular formula is C17H22N2O2. The van der Waals surface area contributed by atoms with Crippen molar-refractivity contribution in [1.82, 2.24) is 0 Å². The van der Waals surface area contributed by atoms with Gasteiger partial charge in [-0.1, -0.05) is 49.7 Å². The molecule has 0 aromatic heterocycles. The van der Waals surface area contributed by atoms with Crippen LogP contribution in [0.5, 0.6) is 5.75 Å². The van der Waals surface area contributed by atoms with Gasteiger partial charge >= 0.3 is 0 Å². The summed E-state index contributed by atoms with van der Waals surface area (Å²) in [6, 6.07) is 11.5. The van der Waals surface area contributed by atoms with E-state index in [1.807, 2.05) is 36.4 Å². The lowest BCUT2D eigenvalue weighted by Gasteiger charge is -2.15. The SMILES string of the molecule is CCCC(C)COc1ccc(/C(N)=N/O)c2ccccc12. The number of nitrogens with two attached hydrogens (primary N) is 1. The Labute approximate surface area is 125 Å². The summed E-state index contributed by atoms with van der Waals surface area (Å²) in [5.41, 5.74) is 6.44. The van der Waals surface area contributed by atoms with Gasteiger partial charge in [-0.3, -0.25) is 0 Å². The zero-order valence-corrected chi connectivity index (χ0v) is 12.5. The van der Waals surface area contributed by atoms with Crippen LogP contribution in [-0.2, 0) is 0 Å². The van der Waals surface area contributed by atoms with E-state index >= 15 is 0 Å². The molecule has 0 spiro atoms. The largest absolute Gasteiger partial charge is 0.493 e. The Morgan fingerprint density at radius 3 is 2.62 bits per heavy atom. The van der Waals surface area contributed by atoms with Crippen LogP contribution in [0.25, 0.3) is 10.8 Å². The number of fused-ring (bicyclic) bond motifs is 1. The number of amidine groups is 1. The lowest BCUT2D eigenvalue weighted by Crippen LogP contribution is -2.14. The molecule has 0 radical (unpaired) electrons. The first kappa shape index (κ1) is 15.2. The Bertz CT molecular complexity index is 638. The topological polar surface area (TPSA) is 67.8 Å². The van der Waals surface area contributed by atoms with Crippen molar-refractivity contribution in [2.45, 2.75) is 26.7 Å². The van der Waals surface area contributed by atoms with Crippen molar-refractivity contribution in [3.05, 3.63) is 42.0 Å².